The van der Waals surface area contributed by atoms with Gasteiger partial charge in [-0.2, -0.15) is 0 Å². The van der Waals surface area contributed by atoms with Crippen molar-refractivity contribution >= 4 is 29.2 Å². The third-order valence-electron chi connectivity index (χ3n) is 5.86. The molecule has 168 valence electrons. The standard InChI is InChI=1S/C24H25Cl2N3O3/c1-15-22(24(30)31)29(13-18-9-19(25)7-8-21(18)26)23(28-15)17-10-20(12-27-11-17)32-14-16-5-3-2-4-6-16/h7-12,16H,2-6,13-14H2,1H3,(H,30,31). The minimum absolute atomic E-state index is 0.101. The maximum absolute atomic E-state index is 12.0. The highest BCUT2D eigenvalue weighted by molar-refractivity contribution is 6.33. The van der Waals surface area contributed by atoms with Crippen LogP contribution in [0.25, 0.3) is 11.4 Å². The van der Waals surface area contributed by atoms with E-state index in [1.807, 2.05) is 6.07 Å². The van der Waals surface area contributed by atoms with Gasteiger partial charge in [-0.05, 0) is 55.5 Å². The summed E-state index contributed by atoms with van der Waals surface area (Å²) in [5.74, 6) is 0.654. The van der Waals surface area contributed by atoms with Gasteiger partial charge in [-0.15, -0.1) is 0 Å². The molecule has 3 aromatic rings. The van der Waals surface area contributed by atoms with Gasteiger partial charge in [0.05, 0.1) is 25.0 Å². The summed E-state index contributed by atoms with van der Waals surface area (Å²) in [4.78, 5) is 20.9. The molecule has 0 radical (unpaired) electrons. The van der Waals surface area contributed by atoms with Crippen molar-refractivity contribution < 1.29 is 14.6 Å². The number of ether oxygens (including phenoxy) is 1. The number of aromatic carboxylic acids is 1. The number of pyridine rings is 1. The van der Waals surface area contributed by atoms with E-state index in [0.717, 1.165) is 0 Å². The lowest BCUT2D eigenvalue weighted by molar-refractivity contribution is 0.0685. The second-order valence-corrected chi connectivity index (χ2v) is 9.06. The number of carbonyl (C=O) groups is 1. The predicted octanol–water partition coefficient (Wildman–Crippen LogP) is 6.27. The Morgan fingerprint density at radius 3 is 2.72 bits per heavy atom. The van der Waals surface area contributed by atoms with E-state index in [0.29, 0.717) is 51.0 Å². The molecule has 1 fully saturated rings. The van der Waals surface area contributed by atoms with Crippen LogP contribution in [0.4, 0.5) is 0 Å². The van der Waals surface area contributed by atoms with Crippen LogP contribution in [-0.2, 0) is 6.54 Å². The molecule has 0 unspecified atom stereocenters. The lowest BCUT2D eigenvalue weighted by atomic mass is 9.90. The molecular formula is C24H25Cl2N3O3. The zero-order chi connectivity index (χ0) is 22.7. The monoisotopic (exact) mass is 473 g/mol. The zero-order valence-corrected chi connectivity index (χ0v) is 19.4. The van der Waals surface area contributed by atoms with Gasteiger partial charge in [-0.25, -0.2) is 9.78 Å². The molecule has 1 aliphatic rings. The highest BCUT2D eigenvalue weighted by Crippen LogP contribution is 2.30. The average molecular weight is 474 g/mol. The fourth-order valence-electron chi connectivity index (χ4n) is 4.24. The molecule has 6 nitrogen and oxygen atoms in total. The first-order valence-corrected chi connectivity index (χ1v) is 11.5. The third kappa shape index (κ3) is 5.08. The zero-order valence-electron chi connectivity index (χ0n) is 17.9. The van der Waals surface area contributed by atoms with E-state index < -0.39 is 5.97 Å². The van der Waals surface area contributed by atoms with Crippen molar-refractivity contribution in [3.63, 3.8) is 0 Å². The Hall–Kier alpha value is -2.57. The number of hydrogen-bond acceptors (Lipinski definition) is 4. The smallest absolute Gasteiger partial charge is 0.354 e. The van der Waals surface area contributed by atoms with Gasteiger partial charge < -0.3 is 14.4 Å². The number of imidazole rings is 1. The van der Waals surface area contributed by atoms with Gasteiger partial charge in [-0.3, -0.25) is 4.98 Å². The van der Waals surface area contributed by atoms with Crippen LogP contribution in [-0.4, -0.2) is 32.2 Å². The van der Waals surface area contributed by atoms with Crippen LogP contribution in [0.5, 0.6) is 5.75 Å². The van der Waals surface area contributed by atoms with Crippen molar-refractivity contribution in [3.8, 4) is 17.1 Å². The number of aromatic nitrogens is 3. The van der Waals surface area contributed by atoms with E-state index in [9.17, 15) is 9.90 Å². The summed E-state index contributed by atoms with van der Waals surface area (Å²) < 4.78 is 7.67. The Bertz CT molecular complexity index is 1120. The molecule has 8 heteroatoms. The number of rotatable bonds is 7. The van der Waals surface area contributed by atoms with Gasteiger partial charge in [0.25, 0.3) is 0 Å². The van der Waals surface area contributed by atoms with Gasteiger partial charge in [0.2, 0.25) is 0 Å². The first kappa shape index (κ1) is 22.6. The maximum Gasteiger partial charge on any atom is 0.354 e. The number of hydrogen-bond donors (Lipinski definition) is 1. The average Bonchev–Trinajstić information content (AvgIpc) is 3.12. The molecule has 0 bridgehead atoms. The van der Waals surface area contributed by atoms with Crippen LogP contribution in [0, 0.1) is 12.8 Å². The molecule has 0 aliphatic heterocycles. The van der Waals surface area contributed by atoms with Crippen molar-refractivity contribution in [2.75, 3.05) is 6.61 Å². The summed E-state index contributed by atoms with van der Waals surface area (Å²) in [6.45, 7) is 2.56. The van der Waals surface area contributed by atoms with E-state index in [2.05, 4.69) is 9.97 Å². The molecule has 0 amide bonds. The Morgan fingerprint density at radius 2 is 1.97 bits per heavy atom. The van der Waals surface area contributed by atoms with E-state index in [4.69, 9.17) is 27.9 Å². The van der Waals surface area contributed by atoms with Crippen molar-refractivity contribution in [2.45, 2.75) is 45.6 Å². The van der Waals surface area contributed by atoms with Crippen LogP contribution >= 0.6 is 23.2 Å². The van der Waals surface area contributed by atoms with Crippen molar-refractivity contribution in [1.29, 1.82) is 0 Å². The lowest BCUT2D eigenvalue weighted by Gasteiger charge is -2.21. The van der Waals surface area contributed by atoms with Gasteiger partial charge >= 0.3 is 5.97 Å². The highest BCUT2D eigenvalue weighted by Gasteiger charge is 2.23. The van der Waals surface area contributed by atoms with Crippen molar-refractivity contribution in [3.05, 3.63) is 63.7 Å². The summed E-state index contributed by atoms with van der Waals surface area (Å²) in [6, 6.07) is 6.99. The fraction of sp³-hybridized carbons (Fsp3) is 0.375. The molecule has 2 aromatic heterocycles. The first-order chi connectivity index (χ1) is 15.4. The van der Waals surface area contributed by atoms with Crippen molar-refractivity contribution in [1.82, 2.24) is 14.5 Å². The molecule has 0 saturated heterocycles. The Labute approximate surface area is 197 Å². The van der Waals surface area contributed by atoms with Crippen LogP contribution in [0.1, 0.15) is 53.8 Å². The largest absolute Gasteiger partial charge is 0.492 e. The number of carboxylic acids is 1. The predicted molar refractivity (Wildman–Crippen MR) is 125 cm³/mol. The normalized spacial score (nSPS) is 14.5. The first-order valence-electron chi connectivity index (χ1n) is 10.7. The lowest BCUT2D eigenvalue weighted by Crippen LogP contribution is -2.15. The van der Waals surface area contributed by atoms with Crippen LogP contribution < -0.4 is 4.74 Å². The second kappa shape index (κ2) is 9.92. The van der Waals surface area contributed by atoms with Gasteiger partial charge in [-0.1, -0.05) is 42.5 Å². The number of carboxylic acid groups (broad SMARTS) is 1. The van der Waals surface area contributed by atoms with Crippen LogP contribution in [0.3, 0.4) is 0 Å². The summed E-state index contributed by atoms with van der Waals surface area (Å²) in [6.07, 6.45) is 9.55. The molecule has 0 spiro atoms. The summed E-state index contributed by atoms with van der Waals surface area (Å²) >= 11 is 12.5. The highest BCUT2D eigenvalue weighted by atomic mass is 35.5. The molecule has 2 heterocycles. The fourth-order valence-corrected chi connectivity index (χ4v) is 4.61. The maximum atomic E-state index is 12.0. The van der Waals surface area contributed by atoms with Crippen LogP contribution in [0.2, 0.25) is 10.0 Å². The number of benzene rings is 1. The van der Waals surface area contributed by atoms with Crippen LogP contribution in [0.15, 0.2) is 36.7 Å². The number of nitrogens with zero attached hydrogens (tertiary/aromatic N) is 3. The number of aryl methyl sites for hydroxylation is 1. The van der Waals surface area contributed by atoms with E-state index >= 15 is 0 Å². The Kier molecular flexibility index (Phi) is 7.01. The molecule has 0 atom stereocenters. The minimum Gasteiger partial charge on any atom is -0.492 e. The van der Waals surface area contributed by atoms with Gasteiger partial charge in [0.1, 0.15) is 11.6 Å². The molecular weight excluding hydrogens is 449 g/mol. The SMILES string of the molecule is Cc1nc(-c2cncc(OCC3CCCCC3)c2)n(Cc2cc(Cl)ccc2Cl)c1C(=O)O. The molecule has 1 aliphatic carbocycles. The Balaban J connectivity index is 1.66. The Morgan fingerprint density at radius 1 is 1.19 bits per heavy atom. The molecule has 1 N–H and O–H groups in total. The molecule has 1 aromatic carbocycles. The summed E-state index contributed by atoms with van der Waals surface area (Å²) in [7, 11) is 0. The van der Waals surface area contributed by atoms with E-state index in [1.165, 1.54) is 32.1 Å². The van der Waals surface area contributed by atoms with Gasteiger partial charge in [0.15, 0.2) is 5.69 Å². The molecule has 1 saturated carbocycles. The van der Waals surface area contributed by atoms with E-state index in [-0.39, 0.29) is 12.2 Å². The third-order valence-corrected chi connectivity index (χ3v) is 6.47. The minimum atomic E-state index is -1.06. The quantitative estimate of drug-likeness (QED) is 0.437. The summed E-state index contributed by atoms with van der Waals surface area (Å²) in [5, 5.41) is 10.9. The number of halogens is 2. The molecule has 32 heavy (non-hydrogen) atoms. The van der Waals surface area contributed by atoms with E-state index in [1.54, 1.807) is 42.1 Å². The molecule has 4 rings (SSSR count). The summed E-state index contributed by atoms with van der Waals surface area (Å²) in [5.41, 5.74) is 1.90. The van der Waals surface area contributed by atoms with Gasteiger partial charge in [0, 0.05) is 21.8 Å². The topological polar surface area (TPSA) is 77.2 Å². The van der Waals surface area contributed by atoms with Crippen molar-refractivity contribution in [2.24, 2.45) is 5.92 Å². The second-order valence-electron chi connectivity index (χ2n) is 8.22.